The summed E-state index contributed by atoms with van der Waals surface area (Å²) in [5, 5.41) is 17.2. The van der Waals surface area contributed by atoms with Crippen LogP contribution >= 0.6 is 0 Å². The second kappa shape index (κ2) is 30.1. The van der Waals surface area contributed by atoms with Gasteiger partial charge in [-0.1, -0.05) is 111 Å². The van der Waals surface area contributed by atoms with Crippen LogP contribution in [-0.2, 0) is 38.1 Å². The lowest BCUT2D eigenvalue weighted by Crippen LogP contribution is -2.36. The molecular weight excluding hydrogens is 676 g/mol. The maximum absolute atomic E-state index is 12.2. The Hall–Kier alpha value is -2.20. The fraction of sp³-hybridized carbons (Fsp3) is 0.907. The van der Waals surface area contributed by atoms with Crippen molar-refractivity contribution < 1.29 is 48.3 Å². The highest BCUT2D eigenvalue weighted by molar-refractivity contribution is 5.76. The molecule has 0 amide bonds. The second-order valence-electron chi connectivity index (χ2n) is 17.7. The number of ether oxygens (including phenoxy) is 4. The average Bonchev–Trinajstić information content (AvgIpc) is 3.03. The van der Waals surface area contributed by atoms with Crippen molar-refractivity contribution in [3.63, 3.8) is 0 Å². The maximum atomic E-state index is 12.2. The number of hydrogen-bond donors (Lipinski definition) is 2. The number of carbonyl (C=O) groups is 4. The van der Waals surface area contributed by atoms with E-state index in [1.54, 1.807) is 0 Å². The van der Waals surface area contributed by atoms with Crippen LogP contribution in [0.2, 0.25) is 0 Å². The summed E-state index contributed by atoms with van der Waals surface area (Å²) in [5.74, 6) is 1.92. The number of aliphatic hydroxyl groups excluding tert-OH is 2. The lowest BCUT2D eigenvalue weighted by molar-refractivity contribution is -0.160. The molecule has 53 heavy (non-hydrogen) atoms. The molecule has 0 aromatic carbocycles. The molecule has 10 heteroatoms. The van der Waals surface area contributed by atoms with Crippen LogP contribution in [-0.4, -0.2) is 73.7 Å². The van der Waals surface area contributed by atoms with Gasteiger partial charge in [0.25, 0.3) is 0 Å². The number of esters is 4. The van der Waals surface area contributed by atoms with Crippen LogP contribution in [0.3, 0.4) is 0 Å². The van der Waals surface area contributed by atoms with Crippen LogP contribution in [0.5, 0.6) is 0 Å². The van der Waals surface area contributed by atoms with E-state index in [1.807, 2.05) is 62.3 Å². The SMILES string of the molecule is CC(C)CC(C(=O)OCCO)C(C)C.CC(C)CC(C(=O)OCCOC(=O)C(CC(C)C)C(C)C)C(C)C.CC(C)CC(C)(C(=O)OCCO)C(C)C. The molecule has 10 nitrogen and oxygen atoms in total. The molecule has 316 valence electrons. The fourth-order valence-corrected chi connectivity index (χ4v) is 5.90. The van der Waals surface area contributed by atoms with Gasteiger partial charge in [0.05, 0.1) is 36.4 Å². The number of aliphatic hydroxyl groups is 2. The summed E-state index contributed by atoms with van der Waals surface area (Å²) in [6.45, 7) is 35.2. The van der Waals surface area contributed by atoms with E-state index in [0.717, 1.165) is 25.7 Å². The van der Waals surface area contributed by atoms with Crippen molar-refractivity contribution in [3.8, 4) is 0 Å². The average molecular weight is 761 g/mol. The Morgan fingerprint density at radius 2 is 0.736 bits per heavy atom. The molecule has 4 unspecified atom stereocenters. The summed E-state index contributed by atoms with van der Waals surface area (Å²) in [7, 11) is 0. The highest BCUT2D eigenvalue weighted by atomic mass is 16.6. The zero-order valence-electron chi connectivity index (χ0n) is 37.1. The van der Waals surface area contributed by atoms with E-state index in [-0.39, 0.29) is 99.0 Å². The van der Waals surface area contributed by atoms with Gasteiger partial charge in [-0.25, -0.2) is 0 Å². The van der Waals surface area contributed by atoms with Gasteiger partial charge in [-0.2, -0.15) is 0 Å². The summed E-state index contributed by atoms with van der Waals surface area (Å²) >= 11 is 0. The van der Waals surface area contributed by atoms with E-state index in [0.29, 0.717) is 29.6 Å². The van der Waals surface area contributed by atoms with E-state index < -0.39 is 5.41 Å². The van der Waals surface area contributed by atoms with Crippen molar-refractivity contribution in [2.24, 2.45) is 70.5 Å². The first kappa shape index (κ1) is 55.1. The molecule has 2 N–H and O–H groups in total. The van der Waals surface area contributed by atoms with Gasteiger partial charge in [-0.3, -0.25) is 19.2 Å². The van der Waals surface area contributed by atoms with Gasteiger partial charge in [0, 0.05) is 0 Å². The van der Waals surface area contributed by atoms with E-state index in [1.165, 1.54) is 0 Å². The third kappa shape index (κ3) is 26.3. The van der Waals surface area contributed by atoms with Gasteiger partial charge in [-0.15, -0.1) is 0 Å². The van der Waals surface area contributed by atoms with Gasteiger partial charge >= 0.3 is 23.9 Å². The number of rotatable bonds is 23. The van der Waals surface area contributed by atoms with Gasteiger partial charge < -0.3 is 29.2 Å². The van der Waals surface area contributed by atoms with Crippen molar-refractivity contribution in [2.45, 2.75) is 143 Å². The Balaban J connectivity index is -0.000000747. The molecule has 0 aliphatic carbocycles. The van der Waals surface area contributed by atoms with Crippen molar-refractivity contribution in [3.05, 3.63) is 0 Å². The standard InChI is InChI=1S/C20H38O4.C12H24O3.C11H22O3/c1-13(2)11-17(15(5)6)19(21)23-9-10-24-20(22)18(16(7)8)12-14(3)4;1-9(2)8-12(5,10(3)4)11(14)15-7-6-13;1-8(2)7-10(9(3)4)11(13)14-6-5-12/h13-18H,9-12H2,1-8H3;9-10,13H,6-8H2,1-5H3;8-10,12H,5-7H2,1-4H3. The molecule has 0 rings (SSSR count). The summed E-state index contributed by atoms with van der Waals surface area (Å²) in [5.41, 5.74) is -0.441. The van der Waals surface area contributed by atoms with Crippen LogP contribution in [0.15, 0.2) is 0 Å². The molecule has 0 aromatic heterocycles. The normalized spacial score (nSPS) is 14.4. The molecule has 0 aliphatic heterocycles. The first-order chi connectivity index (χ1) is 24.4. The molecule has 4 atom stereocenters. The van der Waals surface area contributed by atoms with Gasteiger partial charge in [-0.05, 0) is 80.0 Å². The predicted octanol–water partition coefficient (Wildman–Crippen LogP) is 8.78. The predicted molar refractivity (Wildman–Crippen MR) is 214 cm³/mol. The molecule has 0 aliphatic rings. The topological polar surface area (TPSA) is 146 Å². The molecule has 0 fully saturated rings. The Kier molecular flexibility index (Phi) is 31.3. The van der Waals surface area contributed by atoms with Crippen molar-refractivity contribution >= 4 is 23.9 Å². The van der Waals surface area contributed by atoms with E-state index in [4.69, 9.17) is 29.2 Å². The van der Waals surface area contributed by atoms with Crippen molar-refractivity contribution in [1.29, 1.82) is 0 Å². The molecule has 0 radical (unpaired) electrons. The van der Waals surface area contributed by atoms with Crippen molar-refractivity contribution in [2.75, 3.05) is 39.6 Å². The van der Waals surface area contributed by atoms with E-state index >= 15 is 0 Å². The summed E-state index contributed by atoms with van der Waals surface area (Å²) in [6.07, 6.45) is 3.30. The van der Waals surface area contributed by atoms with Crippen LogP contribution in [0.1, 0.15) is 143 Å². The molecule has 0 aromatic rings. The highest BCUT2D eigenvalue weighted by Crippen LogP contribution is 2.35. The Bertz CT molecular complexity index is 934. The molecule has 0 heterocycles. The summed E-state index contributed by atoms with van der Waals surface area (Å²) in [6, 6.07) is 0. The Morgan fingerprint density at radius 3 is 0.962 bits per heavy atom. The minimum Gasteiger partial charge on any atom is -0.463 e. The smallest absolute Gasteiger partial charge is 0.312 e. The Labute approximate surface area is 325 Å². The number of hydrogen-bond acceptors (Lipinski definition) is 10. The largest absolute Gasteiger partial charge is 0.463 e. The molecule has 0 saturated carbocycles. The van der Waals surface area contributed by atoms with Crippen LogP contribution < -0.4 is 0 Å². The monoisotopic (exact) mass is 761 g/mol. The minimum absolute atomic E-state index is 0.0402. The zero-order chi connectivity index (χ0) is 42.1. The van der Waals surface area contributed by atoms with Gasteiger partial charge in [0.1, 0.15) is 26.4 Å². The van der Waals surface area contributed by atoms with Gasteiger partial charge in [0.15, 0.2) is 0 Å². The van der Waals surface area contributed by atoms with Crippen LogP contribution in [0.25, 0.3) is 0 Å². The Morgan fingerprint density at radius 1 is 0.453 bits per heavy atom. The third-order valence-electron chi connectivity index (χ3n) is 9.30. The minimum atomic E-state index is -0.441. The second-order valence-corrected chi connectivity index (χ2v) is 17.7. The summed E-state index contributed by atoms with van der Waals surface area (Å²) < 4.78 is 20.6. The maximum Gasteiger partial charge on any atom is 0.312 e. The zero-order valence-corrected chi connectivity index (χ0v) is 37.1. The fourth-order valence-electron chi connectivity index (χ4n) is 5.90. The lowest BCUT2D eigenvalue weighted by Gasteiger charge is -2.32. The van der Waals surface area contributed by atoms with E-state index in [2.05, 4.69) is 55.4 Å². The van der Waals surface area contributed by atoms with E-state index in [9.17, 15) is 19.2 Å². The number of carbonyl (C=O) groups excluding carboxylic acids is 4. The molecule has 0 saturated heterocycles. The lowest BCUT2D eigenvalue weighted by atomic mass is 9.73. The molecule has 0 spiro atoms. The quantitative estimate of drug-likeness (QED) is 0.0589. The first-order valence-corrected chi connectivity index (χ1v) is 20.3. The highest BCUT2D eigenvalue weighted by Gasteiger charge is 2.38. The van der Waals surface area contributed by atoms with Crippen LogP contribution in [0, 0.1) is 70.5 Å². The summed E-state index contributed by atoms with van der Waals surface area (Å²) in [4.78, 5) is 47.8. The van der Waals surface area contributed by atoms with Crippen LogP contribution in [0.4, 0.5) is 0 Å². The van der Waals surface area contributed by atoms with Crippen molar-refractivity contribution in [1.82, 2.24) is 0 Å². The molecule has 0 bridgehead atoms. The first-order valence-electron chi connectivity index (χ1n) is 20.3. The third-order valence-corrected chi connectivity index (χ3v) is 9.30. The molecular formula is C43H84O10. The van der Waals surface area contributed by atoms with Gasteiger partial charge in [0.2, 0.25) is 0 Å².